The Balaban J connectivity index is 0.766. The molecule has 0 bridgehead atoms. The number of nitrogens with one attached hydrogen (secondary N) is 3. The fourth-order valence-electron chi connectivity index (χ4n) is 9.18. The van der Waals surface area contributed by atoms with Gasteiger partial charge in [-0.1, -0.05) is 74.2 Å². The van der Waals surface area contributed by atoms with Gasteiger partial charge >= 0.3 is 0 Å². The zero-order valence-electron chi connectivity index (χ0n) is 34.6. The van der Waals surface area contributed by atoms with E-state index >= 15 is 0 Å². The van der Waals surface area contributed by atoms with Gasteiger partial charge in [0.25, 0.3) is 11.8 Å². The molecule has 5 heterocycles. The van der Waals surface area contributed by atoms with Crippen molar-refractivity contribution in [2.45, 2.75) is 114 Å². The zero-order valence-corrected chi connectivity index (χ0v) is 35.3. The minimum absolute atomic E-state index is 0.0134. The van der Waals surface area contributed by atoms with Gasteiger partial charge in [0.15, 0.2) is 0 Å². The smallest absolute Gasteiger partial charge is 0.263 e. The van der Waals surface area contributed by atoms with Gasteiger partial charge in [0.1, 0.15) is 24.0 Å². The van der Waals surface area contributed by atoms with E-state index in [4.69, 9.17) is 11.6 Å². The zero-order chi connectivity index (χ0) is 43.5. The lowest BCUT2D eigenvalue weighted by Gasteiger charge is -2.38. The molecule has 0 radical (unpaired) electrons. The number of unbranched alkanes of at least 4 members (excludes halogenated alkanes) is 6. The molecule has 0 spiro atoms. The third-order valence-corrected chi connectivity index (χ3v) is 12.7. The van der Waals surface area contributed by atoms with E-state index < -0.39 is 35.6 Å². The molecule has 62 heavy (non-hydrogen) atoms. The molecule has 15 nitrogen and oxygen atoms in total. The third-order valence-electron chi connectivity index (χ3n) is 12.5. The molecule has 5 atom stereocenters. The number of carbonyl (C=O) groups excluding carboxylic acids is 7. The predicted molar refractivity (Wildman–Crippen MR) is 229 cm³/mol. The number of rotatable bonds is 14. The van der Waals surface area contributed by atoms with E-state index in [1.165, 1.54) is 6.33 Å². The quantitative estimate of drug-likeness (QED) is 0.115. The summed E-state index contributed by atoms with van der Waals surface area (Å²) in [5.74, 6) is 4.62. The molecule has 1 aliphatic carbocycles. The monoisotopic (exact) mass is 860 g/mol. The Hall–Kier alpha value is -6.14. The maximum atomic E-state index is 14.2. The van der Waals surface area contributed by atoms with Crippen molar-refractivity contribution >= 4 is 64.6 Å². The summed E-state index contributed by atoms with van der Waals surface area (Å²) >= 11 is 6.20. The fourth-order valence-corrected chi connectivity index (χ4v) is 9.31. The van der Waals surface area contributed by atoms with Gasteiger partial charge in [-0.15, -0.1) is 0 Å². The highest BCUT2D eigenvalue weighted by atomic mass is 35.5. The molecule has 2 aromatic carbocycles. The first kappa shape index (κ1) is 42.5. The molecule has 2 saturated heterocycles. The molecule has 3 N–H and O–H groups in total. The van der Waals surface area contributed by atoms with Crippen LogP contribution in [0.3, 0.4) is 0 Å². The van der Waals surface area contributed by atoms with Crippen molar-refractivity contribution in [3.8, 4) is 11.8 Å². The van der Waals surface area contributed by atoms with Gasteiger partial charge in [0, 0.05) is 61.5 Å². The normalized spacial score (nSPS) is 21.8. The number of piperazine rings is 1. The van der Waals surface area contributed by atoms with E-state index in [9.17, 15) is 33.6 Å². The number of halogens is 1. The number of benzene rings is 2. The number of hydrogen-bond acceptors (Lipinski definition) is 10. The van der Waals surface area contributed by atoms with Crippen LogP contribution in [0.2, 0.25) is 5.02 Å². The van der Waals surface area contributed by atoms with Gasteiger partial charge in [0.2, 0.25) is 29.5 Å². The molecule has 5 aliphatic rings. The lowest BCUT2D eigenvalue weighted by atomic mass is 9.94. The molecule has 7 amide bonds. The van der Waals surface area contributed by atoms with E-state index in [0.717, 1.165) is 66.8 Å². The van der Waals surface area contributed by atoms with Gasteiger partial charge in [-0.2, -0.15) is 0 Å². The molecule has 3 aromatic rings. The molecule has 8 rings (SSSR count). The molecule has 4 aliphatic heterocycles. The van der Waals surface area contributed by atoms with Gasteiger partial charge in [-0.05, 0) is 61.4 Å². The average Bonchev–Trinajstić information content (AvgIpc) is 4.01. The van der Waals surface area contributed by atoms with Crippen molar-refractivity contribution in [3.63, 3.8) is 0 Å². The van der Waals surface area contributed by atoms with Crippen molar-refractivity contribution in [3.05, 3.63) is 81.6 Å². The highest BCUT2D eigenvalue weighted by Gasteiger charge is 2.53. The van der Waals surface area contributed by atoms with Crippen LogP contribution < -0.4 is 20.9 Å². The van der Waals surface area contributed by atoms with Crippen molar-refractivity contribution in [2.24, 2.45) is 0 Å². The number of amides is 7. The van der Waals surface area contributed by atoms with Crippen LogP contribution in [0.25, 0.3) is 0 Å². The number of imide groups is 2. The Morgan fingerprint density at radius 2 is 1.68 bits per heavy atom. The SMILES string of the molecule is C[C@@H]1CC(=O)Nc2ncnc(N3CCN(C(=O)[C@H](CNC(=O)CCCCCCCCC#Cc4cccc5c4C(=O)N(C4CCC(=O)NC4=O)C5=O)c4ccc(Cl)cc4)[C@@H]4C[C@@H]43)c21. The van der Waals surface area contributed by atoms with Crippen LogP contribution in [0.15, 0.2) is 48.8 Å². The van der Waals surface area contributed by atoms with E-state index in [0.29, 0.717) is 48.8 Å². The number of carbonyl (C=O) groups is 7. The molecule has 16 heteroatoms. The van der Waals surface area contributed by atoms with E-state index in [2.05, 4.69) is 42.7 Å². The predicted octanol–water partition coefficient (Wildman–Crippen LogP) is 4.84. The number of piperidine rings is 1. The van der Waals surface area contributed by atoms with Gasteiger partial charge in [-0.25, -0.2) is 9.97 Å². The molecular formula is C46H49ClN8O7. The number of aromatic nitrogens is 2. The first-order chi connectivity index (χ1) is 30.0. The molecule has 3 fully saturated rings. The van der Waals surface area contributed by atoms with Crippen molar-refractivity contribution in [1.82, 2.24) is 30.4 Å². The molecule has 1 aromatic heterocycles. The number of nitrogens with zero attached hydrogens (tertiary/aromatic N) is 5. The second-order valence-corrected chi connectivity index (χ2v) is 17.2. The maximum absolute atomic E-state index is 14.2. The van der Waals surface area contributed by atoms with E-state index in [-0.39, 0.29) is 66.2 Å². The third kappa shape index (κ3) is 8.92. The first-order valence-corrected chi connectivity index (χ1v) is 22.0. The van der Waals surface area contributed by atoms with Crippen molar-refractivity contribution in [1.29, 1.82) is 0 Å². The lowest BCUT2D eigenvalue weighted by molar-refractivity contribution is -0.136. The minimum Gasteiger partial charge on any atom is -0.355 e. The molecular weight excluding hydrogens is 812 g/mol. The van der Waals surface area contributed by atoms with Crippen LogP contribution in [0.4, 0.5) is 11.6 Å². The van der Waals surface area contributed by atoms with E-state index in [1.807, 2.05) is 24.0 Å². The molecule has 1 unspecified atom stereocenters. The summed E-state index contributed by atoms with van der Waals surface area (Å²) in [4.78, 5) is 104. The van der Waals surface area contributed by atoms with Gasteiger partial charge < -0.3 is 20.4 Å². The second-order valence-electron chi connectivity index (χ2n) is 16.7. The Labute approximate surface area is 364 Å². The Morgan fingerprint density at radius 1 is 0.903 bits per heavy atom. The highest BCUT2D eigenvalue weighted by Crippen LogP contribution is 2.44. The summed E-state index contributed by atoms with van der Waals surface area (Å²) in [5.41, 5.74) is 2.59. The Bertz CT molecular complexity index is 2380. The summed E-state index contributed by atoms with van der Waals surface area (Å²) in [5, 5.41) is 8.69. The molecule has 322 valence electrons. The van der Waals surface area contributed by atoms with Crippen molar-refractivity contribution < 1.29 is 33.6 Å². The standard InChI is InChI=1S/C46H49ClN8O7/c1-27-23-38(58)51-41-39(27)42(50-26-49-41)53-21-22-54(35-24-34(35)53)44(60)32(28-15-17-30(47)18-16-28)25-48-36(56)14-9-7-5-3-2-4-6-8-11-29-12-10-13-31-40(29)46(62)55(45(31)61)33-19-20-37(57)52-43(33)59/h10,12-13,15-18,26-27,32-35H,2-7,9,14,19-25H2,1H3,(H,48,56)(H,52,57,59)(H,49,50,51,58)/t27-,32-,33?,34+,35-/m1/s1. The lowest BCUT2D eigenvalue weighted by Crippen LogP contribution is -2.54. The van der Waals surface area contributed by atoms with Crippen LogP contribution in [-0.4, -0.2) is 98.9 Å². The van der Waals surface area contributed by atoms with Crippen LogP contribution in [0, 0.1) is 11.8 Å². The summed E-state index contributed by atoms with van der Waals surface area (Å²) in [6.07, 6.45) is 9.18. The first-order valence-electron chi connectivity index (χ1n) is 21.6. The summed E-state index contributed by atoms with van der Waals surface area (Å²) in [7, 11) is 0. The fraction of sp³-hybridized carbons (Fsp3) is 0.457. The summed E-state index contributed by atoms with van der Waals surface area (Å²) in [6.45, 7) is 3.30. The number of fused-ring (bicyclic) bond motifs is 3. The second kappa shape index (κ2) is 18.5. The minimum atomic E-state index is -1.02. The van der Waals surface area contributed by atoms with Gasteiger partial charge in [0.05, 0.1) is 29.1 Å². The average molecular weight is 861 g/mol. The Morgan fingerprint density at radius 3 is 2.47 bits per heavy atom. The summed E-state index contributed by atoms with van der Waals surface area (Å²) in [6, 6.07) is 11.3. The van der Waals surface area contributed by atoms with Crippen LogP contribution >= 0.6 is 11.6 Å². The van der Waals surface area contributed by atoms with Crippen molar-refractivity contribution in [2.75, 3.05) is 29.9 Å². The van der Waals surface area contributed by atoms with Crippen LogP contribution in [-0.2, 0) is 24.0 Å². The number of hydrogen-bond donors (Lipinski definition) is 3. The molecule has 1 saturated carbocycles. The summed E-state index contributed by atoms with van der Waals surface area (Å²) < 4.78 is 0. The number of anilines is 2. The van der Waals surface area contributed by atoms with Crippen LogP contribution in [0.1, 0.15) is 133 Å². The largest absolute Gasteiger partial charge is 0.355 e. The topological polar surface area (TPSA) is 191 Å². The highest BCUT2D eigenvalue weighted by molar-refractivity contribution is 6.30. The van der Waals surface area contributed by atoms with Gasteiger partial charge in [-0.3, -0.25) is 43.8 Å². The Kier molecular flexibility index (Phi) is 12.7. The van der Waals surface area contributed by atoms with E-state index in [1.54, 1.807) is 30.3 Å². The maximum Gasteiger partial charge on any atom is 0.263 e. The van der Waals surface area contributed by atoms with Crippen LogP contribution in [0.5, 0.6) is 0 Å².